The Morgan fingerprint density at radius 3 is 2.62 bits per heavy atom. The maximum atomic E-state index is 12.9. The molecule has 0 radical (unpaired) electrons. The molecule has 2 rings (SSSR count). The summed E-state index contributed by atoms with van der Waals surface area (Å²) in [5.74, 6) is -0.558. The first-order valence-electron chi connectivity index (χ1n) is 5.75. The van der Waals surface area contributed by atoms with Gasteiger partial charge in [0, 0.05) is 27.0 Å². The molecule has 0 spiro atoms. The molecule has 2 aromatic rings. The van der Waals surface area contributed by atoms with Crippen LogP contribution >= 0.6 is 27.3 Å². The topological polar surface area (TPSA) is 55.1 Å². The second kappa shape index (κ2) is 6.07. The van der Waals surface area contributed by atoms with Gasteiger partial charge in [-0.1, -0.05) is 15.9 Å². The lowest BCUT2D eigenvalue weighted by molar-refractivity contribution is -0.137. The van der Waals surface area contributed by atoms with Crippen molar-refractivity contribution in [3.05, 3.63) is 50.1 Å². The van der Waals surface area contributed by atoms with E-state index in [4.69, 9.17) is 5.73 Å². The van der Waals surface area contributed by atoms with Crippen molar-refractivity contribution >= 4 is 38.9 Å². The average Bonchev–Trinajstić information content (AvgIpc) is 2.85. The number of rotatable bonds is 4. The first-order chi connectivity index (χ1) is 9.77. The smallest absolute Gasteiger partial charge is 0.380 e. The Hall–Kier alpha value is -1.54. The number of benzene rings is 1. The van der Waals surface area contributed by atoms with E-state index in [0.29, 0.717) is 10.0 Å². The summed E-state index contributed by atoms with van der Waals surface area (Å²) >= 11 is 4.29. The molecule has 21 heavy (non-hydrogen) atoms. The Balaban J connectivity index is 2.18. The van der Waals surface area contributed by atoms with Crippen molar-refractivity contribution < 1.29 is 18.0 Å². The Kier molecular flexibility index (Phi) is 4.58. The van der Waals surface area contributed by atoms with Gasteiger partial charge in [0.05, 0.1) is 11.1 Å². The standard InChI is InChI=1S/C13H10BrF3N2OS/c14-8-1-2-11(10(4-8)13(15,16)17)19-5-9-3-7(6-21-9)12(18)20/h1-4,6,19H,5H2,(H2,18,20). The van der Waals surface area contributed by atoms with Gasteiger partial charge in [-0.25, -0.2) is 0 Å². The van der Waals surface area contributed by atoms with Crippen LogP contribution in [0.1, 0.15) is 20.8 Å². The van der Waals surface area contributed by atoms with Crippen LogP contribution < -0.4 is 11.1 Å². The van der Waals surface area contributed by atoms with E-state index in [0.717, 1.165) is 10.9 Å². The minimum absolute atomic E-state index is 0.0141. The maximum Gasteiger partial charge on any atom is 0.418 e. The highest BCUT2D eigenvalue weighted by Gasteiger charge is 2.33. The molecule has 0 aliphatic heterocycles. The number of thiophene rings is 1. The van der Waals surface area contributed by atoms with Gasteiger partial charge in [0.1, 0.15) is 0 Å². The van der Waals surface area contributed by atoms with Crippen molar-refractivity contribution in [1.82, 2.24) is 0 Å². The lowest BCUT2D eigenvalue weighted by Crippen LogP contribution is -2.11. The molecule has 0 unspecified atom stereocenters. The number of amides is 1. The summed E-state index contributed by atoms with van der Waals surface area (Å²) in [5, 5.41) is 4.31. The summed E-state index contributed by atoms with van der Waals surface area (Å²) in [6.45, 7) is 0.183. The number of hydrogen-bond acceptors (Lipinski definition) is 3. The fourth-order valence-electron chi connectivity index (χ4n) is 1.69. The molecule has 3 nitrogen and oxygen atoms in total. The number of alkyl halides is 3. The third kappa shape index (κ3) is 3.98. The normalized spacial score (nSPS) is 11.4. The molecule has 8 heteroatoms. The van der Waals surface area contributed by atoms with E-state index in [-0.39, 0.29) is 12.2 Å². The molecule has 0 fully saturated rings. The van der Waals surface area contributed by atoms with E-state index >= 15 is 0 Å². The Labute approximate surface area is 131 Å². The SMILES string of the molecule is NC(=O)c1csc(CNc2ccc(Br)cc2C(F)(F)F)c1. The quantitative estimate of drug-likeness (QED) is 0.835. The summed E-state index contributed by atoms with van der Waals surface area (Å²) in [7, 11) is 0. The highest BCUT2D eigenvalue weighted by atomic mass is 79.9. The number of halogens is 4. The van der Waals surface area contributed by atoms with Crippen LogP contribution in [0.25, 0.3) is 0 Å². The van der Waals surface area contributed by atoms with E-state index in [1.54, 1.807) is 11.4 Å². The molecule has 0 saturated carbocycles. The van der Waals surface area contributed by atoms with E-state index in [1.165, 1.54) is 23.5 Å². The lowest BCUT2D eigenvalue weighted by atomic mass is 10.1. The maximum absolute atomic E-state index is 12.9. The van der Waals surface area contributed by atoms with Crippen LogP contribution in [0.15, 0.2) is 34.1 Å². The lowest BCUT2D eigenvalue weighted by Gasteiger charge is -2.14. The second-order valence-electron chi connectivity index (χ2n) is 4.21. The number of nitrogens with one attached hydrogen (secondary N) is 1. The van der Waals surface area contributed by atoms with Gasteiger partial charge < -0.3 is 11.1 Å². The monoisotopic (exact) mass is 378 g/mol. The minimum atomic E-state index is -4.44. The van der Waals surface area contributed by atoms with Gasteiger partial charge in [0.25, 0.3) is 0 Å². The number of carbonyl (C=O) groups is 1. The molecule has 112 valence electrons. The van der Waals surface area contributed by atoms with Gasteiger partial charge in [-0.15, -0.1) is 11.3 Å². The van der Waals surface area contributed by atoms with Crippen LogP contribution in [0.5, 0.6) is 0 Å². The summed E-state index contributed by atoms with van der Waals surface area (Å²) in [4.78, 5) is 11.7. The van der Waals surface area contributed by atoms with Crippen LogP contribution in [0.2, 0.25) is 0 Å². The van der Waals surface area contributed by atoms with Gasteiger partial charge in [0.2, 0.25) is 5.91 Å². The zero-order valence-corrected chi connectivity index (χ0v) is 12.9. The summed E-state index contributed by atoms with van der Waals surface area (Å²) < 4.78 is 39.2. The molecule has 1 aromatic heterocycles. The highest BCUT2D eigenvalue weighted by Crippen LogP contribution is 2.36. The number of carbonyl (C=O) groups excluding carboxylic acids is 1. The van der Waals surface area contributed by atoms with Crippen LogP contribution in [-0.2, 0) is 12.7 Å². The predicted molar refractivity (Wildman–Crippen MR) is 79.3 cm³/mol. The molecule has 0 aliphatic carbocycles. The zero-order valence-electron chi connectivity index (χ0n) is 10.5. The van der Waals surface area contributed by atoms with Gasteiger partial charge in [-0.05, 0) is 24.3 Å². The van der Waals surface area contributed by atoms with Gasteiger partial charge in [0.15, 0.2) is 0 Å². The van der Waals surface area contributed by atoms with E-state index in [2.05, 4.69) is 21.2 Å². The Morgan fingerprint density at radius 2 is 2.05 bits per heavy atom. The third-order valence-corrected chi connectivity index (χ3v) is 4.11. The predicted octanol–water partition coefficient (Wildman–Crippen LogP) is 4.24. The van der Waals surface area contributed by atoms with Crippen LogP contribution in [0.3, 0.4) is 0 Å². The van der Waals surface area contributed by atoms with Crippen molar-refractivity contribution in [2.75, 3.05) is 5.32 Å². The fourth-order valence-corrected chi connectivity index (χ4v) is 2.86. The molecule has 0 aliphatic rings. The first-order valence-corrected chi connectivity index (χ1v) is 7.42. The molecule has 1 aromatic carbocycles. The van der Waals surface area contributed by atoms with E-state index in [9.17, 15) is 18.0 Å². The molecular formula is C13H10BrF3N2OS. The second-order valence-corrected chi connectivity index (χ2v) is 6.12. The van der Waals surface area contributed by atoms with Gasteiger partial charge in [-0.2, -0.15) is 13.2 Å². The molecule has 0 bridgehead atoms. The third-order valence-electron chi connectivity index (χ3n) is 2.68. The van der Waals surface area contributed by atoms with Gasteiger partial charge in [-0.3, -0.25) is 4.79 Å². The molecule has 3 N–H and O–H groups in total. The van der Waals surface area contributed by atoms with Crippen LogP contribution in [0.4, 0.5) is 18.9 Å². The zero-order chi connectivity index (χ0) is 15.6. The summed E-state index contributed by atoms with van der Waals surface area (Å²) in [6.07, 6.45) is -4.44. The molecular weight excluding hydrogens is 369 g/mol. The van der Waals surface area contributed by atoms with Gasteiger partial charge >= 0.3 is 6.18 Å². The van der Waals surface area contributed by atoms with Crippen molar-refractivity contribution in [1.29, 1.82) is 0 Å². The highest BCUT2D eigenvalue weighted by molar-refractivity contribution is 9.10. The van der Waals surface area contributed by atoms with Crippen molar-refractivity contribution in [3.63, 3.8) is 0 Å². The van der Waals surface area contributed by atoms with Crippen LogP contribution in [-0.4, -0.2) is 5.91 Å². The number of anilines is 1. The molecule has 1 amide bonds. The fraction of sp³-hybridized carbons (Fsp3) is 0.154. The molecule has 1 heterocycles. The molecule has 0 saturated heterocycles. The Morgan fingerprint density at radius 1 is 1.33 bits per heavy atom. The summed E-state index contributed by atoms with van der Waals surface area (Å²) in [5.41, 5.74) is 4.72. The average molecular weight is 379 g/mol. The van der Waals surface area contributed by atoms with E-state index in [1.807, 2.05) is 0 Å². The number of hydrogen-bond donors (Lipinski definition) is 2. The first kappa shape index (κ1) is 15.8. The number of nitrogens with two attached hydrogens (primary N) is 1. The minimum Gasteiger partial charge on any atom is -0.380 e. The molecule has 0 atom stereocenters. The largest absolute Gasteiger partial charge is 0.418 e. The number of primary amides is 1. The van der Waals surface area contributed by atoms with Crippen molar-refractivity contribution in [3.8, 4) is 0 Å². The van der Waals surface area contributed by atoms with Crippen molar-refractivity contribution in [2.45, 2.75) is 12.7 Å². The van der Waals surface area contributed by atoms with E-state index < -0.39 is 17.6 Å². The van der Waals surface area contributed by atoms with Crippen molar-refractivity contribution in [2.24, 2.45) is 5.73 Å². The summed E-state index contributed by atoms with van der Waals surface area (Å²) in [6, 6.07) is 5.47. The Bertz CT molecular complexity index is 670. The van der Waals surface area contributed by atoms with Crippen LogP contribution in [0, 0.1) is 0 Å².